The molecule has 2 aromatic rings. The van der Waals surface area contributed by atoms with E-state index in [0.717, 1.165) is 0 Å². The van der Waals surface area contributed by atoms with E-state index in [4.69, 9.17) is 10.5 Å². The van der Waals surface area contributed by atoms with E-state index in [-0.39, 0.29) is 5.82 Å². The number of nitrogens with zero attached hydrogens (tertiary/aromatic N) is 1. The maximum Gasteiger partial charge on any atom is 0.137 e. The molecule has 5 heteroatoms. The van der Waals surface area contributed by atoms with Crippen LogP contribution in [0.25, 0.3) is 0 Å². The Morgan fingerprint density at radius 2 is 1.94 bits per heavy atom. The van der Waals surface area contributed by atoms with Crippen LogP contribution >= 0.6 is 15.9 Å². The molecule has 0 amide bonds. The molecular formula is C11H8BrFN2O. The van der Waals surface area contributed by atoms with Crippen LogP contribution in [0.4, 0.5) is 10.2 Å². The fourth-order valence-corrected chi connectivity index (χ4v) is 1.53. The molecule has 0 aliphatic heterocycles. The van der Waals surface area contributed by atoms with Gasteiger partial charge in [-0.3, -0.25) is 0 Å². The fraction of sp³-hybridized carbons (Fsp3) is 0. The zero-order chi connectivity index (χ0) is 11.5. The van der Waals surface area contributed by atoms with Crippen molar-refractivity contribution in [3.63, 3.8) is 0 Å². The Labute approximate surface area is 100 Å². The molecular weight excluding hydrogens is 275 g/mol. The summed E-state index contributed by atoms with van der Waals surface area (Å²) in [6.45, 7) is 0. The minimum atomic E-state index is -0.332. The van der Waals surface area contributed by atoms with Crippen molar-refractivity contribution in [2.24, 2.45) is 0 Å². The molecule has 1 aromatic heterocycles. The summed E-state index contributed by atoms with van der Waals surface area (Å²) >= 11 is 3.08. The standard InChI is InChI=1S/C11H8BrFN2O/c12-9-5-7(1-2-10(9)13)16-8-3-4-15-11(14)6-8/h1-6H,(H2,14,15). The van der Waals surface area contributed by atoms with E-state index in [2.05, 4.69) is 20.9 Å². The molecule has 0 spiro atoms. The number of aromatic nitrogens is 1. The number of nitrogens with two attached hydrogens (primary N) is 1. The summed E-state index contributed by atoms with van der Waals surface area (Å²) in [5.41, 5.74) is 5.51. The third kappa shape index (κ3) is 2.49. The van der Waals surface area contributed by atoms with E-state index in [0.29, 0.717) is 21.8 Å². The van der Waals surface area contributed by atoms with E-state index in [1.165, 1.54) is 12.1 Å². The highest BCUT2D eigenvalue weighted by Crippen LogP contribution is 2.26. The molecule has 0 aliphatic rings. The third-order valence-corrected chi connectivity index (χ3v) is 2.49. The first kappa shape index (κ1) is 10.9. The third-order valence-electron chi connectivity index (χ3n) is 1.88. The van der Waals surface area contributed by atoms with Crippen LogP contribution in [0.15, 0.2) is 41.0 Å². The number of rotatable bonds is 2. The predicted molar refractivity (Wildman–Crippen MR) is 62.8 cm³/mol. The Hall–Kier alpha value is -1.62. The monoisotopic (exact) mass is 282 g/mol. The maximum atomic E-state index is 13.0. The van der Waals surface area contributed by atoms with Crippen LogP contribution in [0.5, 0.6) is 11.5 Å². The van der Waals surface area contributed by atoms with Crippen molar-refractivity contribution < 1.29 is 9.13 Å². The second-order valence-corrected chi connectivity index (χ2v) is 3.95. The number of pyridine rings is 1. The molecule has 1 aromatic carbocycles. The largest absolute Gasteiger partial charge is 0.457 e. The van der Waals surface area contributed by atoms with Crippen molar-refractivity contribution in [1.29, 1.82) is 0 Å². The first-order chi connectivity index (χ1) is 7.65. The molecule has 1 heterocycles. The average molecular weight is 283 g/mol. The van der Waals surface area contributed by atoms with Gasteiger partial charge in [-0.15, -0.1) is 0 Å². The van der Waals surface area contributed by atoms with Crippen LogP contribution in [-0.2, 0) is 0 Å². The van der Waals surface area contributed by atoms with Crippen LogP contribution in [0.3, 0.4) is 0 Å². The highest BCUT2D eigenvalue weighted by atomic mass is 79.9. The Morgan fingerprint density at radius 1 is 1.19 bits per heavy atom. The summed E-state index contributed by atoms with van der Waals surface area (Å²) in [5.74, 6) is 1.13. The lowest BCUT2D eigenvalue weighted by Gasteiger charge is -2.06. The van der Waals surface area contributed by atoms with Gasteiger partial charge in [-0.05, 0) is 40.2 Å². The summed E-state index contributed by atoms with van der Waals surface area (Å²) in [6.07, 6.45) is 1.54. The van der Waals surface area contributed by atoms with E-state index >= 15 is 0 Å². The number of hydrogen-bond acceptors (Lipinski definition) is 3. The lowest BCUT2D eigenvalue weighted by molar-refractivity contribution is 0.479. The molecule has 0 fully saturated rings. The number of nitrogen functional groups attached to an aromatic ring is 1. The van der Waals surface area contributed by atoms with Gasteiger partial charge in [0.1, 0.15) is 23.1 Å². The second-order valence-electron chi connectivity index (χ2n) is 3.09. The Kier molecular flexibility index (Phi) is 3.05. The van der Waals surface area contributed by atoms with Crippen molar-refractivity contribution >= 4 is 21.7 Å². The highest BCUT2D eigenvalue weighted by molar-refractivity contribution is 9.10. The molecule has 2 rings (SSSR count). The molecule has 16 heavy (non-hydrogen) atoms. The van der Waals surface area contributed by atoms with Gasteiger partial charge in [0.2, 0.25) is 0 Å². The van der Waals surface area contributed by atoms with Crippen LogP contribution in [0.1, 0.15) is 0 Å². The SMILES string of the molecule is Nc1cc(Oc2ccc(F)c(Br)c2)ccn1. The Morgan fingerprint density at radius 3 is 2.62 bits per heavy atom. The summed E-state index contributed by atoms with van der Waals surface area (Å²) in [4.78, 5) is 3.84. The quantitative estimate of drug-likeness (QED) is 0.919. The minimum absolute atomic E-state index is 0.332. The van der Waals surface area contributed by atoms with Gasteiger partial charge in [0.15, 0.2) is 0 Å². The minimum Gasteiger partial charge on any atom is -0.457 e. The number of halogens is 2. The van der Waals surface area contributed by atoms with Crippen molar-refractivity contribution in [1.82, 2.24) is 4.98 Å². The normalized spacial score (nSPS) is 10.1. The molecule has 0 saturated heterocycles. The lowest BCUT2D eigenvalue weighted by Crippen LogP contribution is -1.91. The van der Waals surface area contributed by atoms with Crippen molar-refractivity contribution in [2.75, 3.05) is 5.73 Å². The molecule has 0 unspecified atom stereocenters. The summed E-state index contributed by atoms with van der Waals surface area (Å²) < 4.78 is 18.8. The molecule has 82 valence electrons. The van der Waals surface area contributed by atoms with Crippen molar-refractivity contribution in [2.45, 2.75) is 0 Å². The van der Waals surface area contributed by atoms with Crippen molar-refractivity contribution in [3.05, 3.63) is 46.8 Å². The van der Waals surface area contributed by atoms with E-state index in [1.807, 2.05) is 0 Å². The molecule has 0 bridgehead atoms. The number of benzene rings is 1. The average Bonchev–Trinajstić information content (AvgIpc) is 2.24. The second kappa shape index (κ2) is 4.49. The van der Waals surface area contributed by atoms with E-state index in [1.54, 1.807) is 24.4 Å². The van der Waals surface area contributed by atoms with Crippen LogP contribution < -0.4 is 10.5 Å². The molecule has 0 atom stereocenters. The number of anilines is 1. The molecule has 0 saturated carbocycles. The first-order valence-electron chi connectivity index (χ1n) is 4.49. The maximum absolute atomic E-state index is 13.0. The van der Waals surface area contributed by atoms with Gasteiger partial charge in [0.05, 0.1) is 4.47 Å². The van der Waals surface area contributed by atoms with Gasteiger partial charge in [-0.2, -0.15) is 0 Å². The molecule has 0 aliphatic carbocycles. The molecule has 3 nitrogen and oxygen atoms in total. The zero-order valence-corrected chi connectivity index (χ0v) is 9.74. The predicted octanol–water partition coefficient (Wildman–Crippen LogP) is 3.36. The van der Waals surface area contributed by atoms with Gasteiger partial charge in [-0.1, -0.05) is 0 Å². The van der Waals surface area contributed by atoms with Crippen LogP contribution in [0.2, 0.25) is 0 Å². The summed E-state index contributed by atoms with van der Waals surface area (Å²) in [6, 6.07) is 7.68. The zero-order valence-electron chi connectivity index (χ0n) is 8.15. The van der Waals surface area contributed by atoms with Gasteiger partial charge in [-0.25, -0.2) is 9.37 Å². The number of ether oxygens (including phenoxy) is 1. The first-order valence-corrected chi connectivity index (χ1v) is 5.29. The van der Waals surface area contributed by atoms with Gasteiger partial charge in [0, 0.05) is 12.3 Å². The van der Waals surface area contributed by atoms with Gasteiger partial charge >= 0.3 is 0 Å². The van der Waals surface area contributed by atoms with E-state index < -0.39 is 0 Å². The topological polar surface area (TPSA) is 48.1 Å². The molecule has 0 radical (unpaired) electrons. The Bertz CT molecular complexity index is 519. The summed E-state index contributed by atoms with van der Waals surface area (Å²) in [5, 5.41) is 0. The Balaban J connectivity index is 2.24. The highest BCUT2D eigenvalue weighted by Gasteiger charge is 2.02. The van der Waals surface area contributed by atoms with E-state index in [9.17, 15) is 4.39 Å². The number of hydrogen-bond donors (Lipinski definition) is 1. The van der Waals surface area contributed by atoms with Gasteiger partial charge < -0.3 is 10.5 Å². The summed E-state index contributed by atoms with van der Waals surface area (Å²) in [7, 11) is 0. The van der Waals surface area contributed by atoms with Gasteiger partial charge in [0.25, 0.3) is 0 Å². The smallest absolute Gasteiger partial charge is 0.137 e. The van der Waals surface area contributed by atoms with Crippen molar-refractivity contribution in [3.8, 4) is 11.5 Å². The fourth-order valence-electron chi connectivity index (χ4n) is 1.17. The van der Waals surface area contributed by atoms with Crippen LogP contribution in [0, 0.1) is 5.82 Å². The molecule has 2 N–H and O–H groups in total. The lowest BCUT2D eigenvalue weighted by atomic mass is 10.3. The van der Waals surface area contributed by atoms with Crippen LogP contribution in [-0.4, -0.2) is 4.98 Å².